The van der Waals surface area contributed by atoms with Gasteiger partial charge in [0, 0.05) is 5.39 Å². The molecule has 3 nitrogen and oxygen atoms in total. The Bertz CT molecular complexity index is 780. The minimum absolute atomic E-state index is 0.292. The molecule has 0 atom stereocenters. The highest BCUT2D eigenvalue weighted by molar-refractivity contribution is 7.88. The number of aryl methyl sites for hydroxylation is 2. The number of benzene rings is 2. The van der Waals surface area contributed by atoms with Crippen LogP contribution in [0, 0.1) is 6.92 Å². The smallest absolute Gasteiger partial charge is 0.375 e. The highest BCUT2D eigenvalue weighted by Crippen LogP contribution is 2.35. The van der Waals surface area contributed by atoms with Crippen LogP contribution in [0.25, 0.3) is 10.8 Å². The van der Waals surface area contributed by atoms with Crippen LogP contribution in [0.15, 0.2) is 30.3 Å². The van der Waals surface area contributed by atoms with E-state index in [1.54, 1.807) is 31.2 Å². The predicted molar refractivity (Wildman–Crippen MR) is 73.7 cm³/mol. The Kier molecular flexibility index (Phi) is 3.88. The van der Waals surface area contributed by atoms with Crippen LogP contribution >= 0.6 is 0 Å². The summed E-state index contributed by atoms with van der Waals surface area (Å²) >= 11 is 0. The fraction of sp³-hybridized carbons (Fsp3) is 0.286. The Hall–Kier alpha value is -1.76. The maximum Gasteiger partial charge on any atom is 0.534 e. The lowest BCUT2D eigenvalue weighted by molar-refractivity contribution is -0.0499. The minimum atomic E-state index is -5.68. The van der Waals surface area contributed by atoms with E-state index in [1.165, 1.54) is 6.07 Å². The molecule has 0 radical (unpaired) electrons. The number of halogens is 3. The summed E-state index contributed by atoms with van der Waals surface area (Å²) < 4.78 is 64.3. The van der Waals surface area contributed by atoms with Crippen LogP contribution in [0.5, 0.6) is 5.75 Å². The fourth-order valence-corrected chi connectivity index (χ4v) is 2.59. The van der Waals surface area contributed by atoms with Gasteiger partial charge in [-0.1, -0.05) is 31.2 Å². The van der Waals surface area contributed by atoms with Crippen molar-refractivity contribution in [1.29, 1.82) is 0 Å². The zero-order valence-electron chi connectivity index (χ0n) is 11.4. The summed E-state index contributed by atoms with van der Waals surface area (Å²) in [6, 6.07) is 8.26. The molecule has 0 heterocycles. The van der Waals surface area contributed by atoms with Gasteiger partial charge in [0.2, 0.25) is 0 Å². The maximum atomic E-state index is 12.5. The van der Waals surface area contributed by atoms with Gasteiger partial charge in [0.1, 0.15) is 0 Å². The topological polar surface area (TPSA) is 43.4 Å². The number of hydrogen-bond acceptors (Lipinski definition) is 3. The predicted octanol–water partition coefficient (Wildman–Crippen LogP) is 3.94. The molecule has 2 aromatic rings. The van der Waals surface area contributed by atoms with E-state index in [1.807, 2.05) is 6.92 Å². The lowest BCUT2D eigenvalue weighted by Crippen LogP contribution is -2.28. The monoisotopic (exact) mass is 318 g/mol. The van der Waals surface area contributed by atoms with E-state index in [-0.39, 0.29) is 5.75 Å². The van der Waals surface area contributed by atoms with Gasteiger partial charge in [0.05, 0.1) is 0 Å². The molecule has 0 aliphatic carbocycles. The van der Waals surface area contributed by atoms with Gasteiger partial charge in [0.25, 0.3) is 0 Å². The third kappa shape index (κ3) is 2.97. The normalized spacial score (nSPS) is 12.6. The van der Waals surface area contributed by atoms with Crippen molar-refractivity contribution in [3.05, 3.63) is 41.5 Å². The molecule has 0 aliphatic heterocycles. The molecule has 0 N–H and O–H groups in total. The van der Waals surface area contributed by atoms with Gasteiger partial charge in [-0.05, 0) is 35.9 Å². The molecule has 0 spiro atoms. The van der Waals surface area contributed by atoms with Crippen LogP contribution in [-0.2, 0) is 16.5 Å². The molecule has 0 unspecified atom stereocenters. The van der Waals surface area contributed by atoms with E-state index >= 15 is 0 Å². The zero-order valence-corrected chi connectivity index (χ0v) is 12.2. The van der Waals surface area contributed by atoms with Gasteiger partial charge in [-0.15, -0.1) is 0 Å². The maximum absolute atomic E-state index is 12.5. The van der Waals surface area contributed by atoms with Gasteiger partial charge >= 0.3 is 15.6 Å². The highest BCUT2D eigenvalue weighted by Gasteiger charge is 2.48. The molecule has 2 rings (SSSR count). The average molecular weight is 318 g/mol. The van der Waals surface area contributed by atoms with Crippen molar-refractivity contribution >= 4 is 20.9 Å². The van der Waals surface area contributed by atoms with Crippen molar-refractivity contribution in [2.24, 2.45) is 0 Å². The van der Waals surface area contributed by atoms with E-state index in [4.69, 9.17) is 0 Å². The van der Waals surface area contributed by atoms with Crippen molar-refractivity contribution in [2.45, 2.75) is 25.8 Å². The molecule has 0 aromatic heterocycles. The second-order valence-electron chi connectivity index (χ2n) is 4.62. The first-order valence-electron chi connectivity index (χ1n) is 6.18. The third-order valence-corrected chi connectivity index (χ3v) is 4.00. The summed E-state index contributed by atoms with van der Waals surface area (Å²) in [5.41, 5.74) is -4.12. The van der Waals surface area contributed by atoms with Crippen LogP contribution < -0.4 is 4.18 Å². The van der Waals surface area contributed by atoms with E-state index in [0.717, 1.165) is 5.56 Å². The summed E-state index contributed by atoms with van der Waals surface area (Å²) in [5.74, 6) is -0.292. The Balaban J connectivity index is 2.69. The summed E-state index contributed by atoms with van der Waals surface area (Å²) in [6.45, 7) is 3.49. The van der Waals surface area contributed by atoms with Gasteiger partial charge < -0.3 is 4.18 Å². The Morgan fingerprint density at radius 3 is 2.43 bits per heavy atom. The van der Waals surface area contributed by atoms with Crippen molar-refractivity contribution in [1.82, 2.24) is 0 Å². The Morgan fingerprint density at radius 2 is 1.86 bits per heavy atom. The van der Waals surface area contributed by atoms with E-state index in [0.29, 0.717) is 22.8 Å². The van der Waals surface area contributed by atoms with Gasteiger partial charge in [-0.25, -0.2) is 0 Å². The van der Waals surface area contributed by atoms with Crippen molar-refractivity contribution in [3.8, 4) is 5.75 Å². The number of alkyl halides is 3. The number of hydrogen-bond donors (Lipinski definition) is 0. The van der Waals surface area contributed by atoms with Gasteiger partial charge in [-0.3, -0.25) is 0 Å². The molecule has 114 valence electrons. The Labute approximate surface area is 120 Å². The Morgan fingerprint density at radius 1 is 1.19 bits per heavy atom. The van der Waals surface area contributed by atoms with Crippen molar-refractivity contribution in [2.75, 3.05) is 0 Å². The summed E-state index contributed by atoms with van der Waals surface area (Å²) in [6.07, 6.45) is 0.544. The largest absolute Gasteiger partial charge is 0.534 e. The summed E-state index contributed by atoms with van der Waals surface area (Å²) in [7, 11) is -5.68. The third-order valence-electron chi connectivity index (χ3n) is 3.04. The molecule has 0 bridgehead atoms. The molecule has 21 heavy (non-hydrogen) atoms. The van der Waals surface area contributed by atoms with Crippen LogP contribution in [-0.4, -0.2) is 13.9 Å². The highest BCUT2D eigenvalue weighted by atomic mass is 32.2. The number of rotatable bonds is 3. The molecule has 7 heteroatoms. The zero-order chi connectivity index (χ0) is 15.8. The summed E-state index contributed by atoms with van der Waals surface area (Å²) in [5, 5.41) is 1.03. The quantitative estimate of drug-likeness (QED) is 0.636. The first-order chi connectivity index (χ1) is 9.65. The molecular weight excluding hydrogens is 305 g/mol. The van der Waals surface area contributed by atoms with Crippen LogP contribution in [0.3, 0.4) is 0 Å². The van der Waals surface area contributed by atoms with Crippen molar-refractivity contribution in [3.63, 3.8) is 0 Å². The van der Waals surface area contributed by atoms with Gasteiger partial charge in [-0.2, -0.15) is 21.6 Å². The minimum Gasteiger partial charge on any atom is -0.375 e. The molecular formula is C14H13F3O3S. The number of fused-ring (bicyclic) bond motifs is 1. The lowest BCUT2D eigenvalue weighted by Gasteiger charge is -2.14. The first kappa shape index (κ1) is 15.6. The van der Waals surface area contributed by atoms with Crippen LogP contribution in [0.4, 0.5) is 13.2 Å². The molecule has 0 aliphatic rings. The fourth-order valence-electron chi connectivity index (χ4n) is 2.13. The molecule has 0 saturated heterocycles. The first-order valence-corrected chi connectivity index (χ1v) is 7.59. The van der Waals surface area contributed by atoms with Crippen LogP contribution in [0.1, 0.15) is 18.1 Å². The van der Waals surface area contributed by atoms with Crippen LogP contribution in [0.2, 0.25) is 0 Å². The van der Waals surface area contributed by atoms with E-state index < -0.39 is 15.6 Å². The molecule has 0 fully saturated rings. The molecule has 0 amide bonds. The van der Waals surface area contributed by atoms with E-state index in [9.17, 15) is 21.6 Å². The standard InChI is InChI=1S/C14H13F3O3S/c1-3-10-5-4-6-11-7-9(2)8-12(13(10)11)20-21(18,19)14(15,16)17/h4-8H,3H2,1-2H3. The average Bonchev–Trinajstić information content (AvgIpc) is 2.35. The summed E-state index contributed by atoms with van der Waals surface area (Å²) in [4.78, 5) is 0. The second-order valence-corrected chi connectivity index (χ2v) is 6.15. The van der Waals surface area contributed by atoms with Crippen molar-refractivity contribution < 1.29 is 25.8 Å². The van der Waals surface area contributed by atoms with E-state index in [2.05, 4.69) is 4.18 Å². The SMILES string of the molecule is CCc1cccc2cc(C)cc(OS(=O)(=O)C(F)(F)F)c12. The molecule has 0 saturated carbocycles. The van der Waals surface area contributed by atoms with Gasteiger partial charge in [0.15, 0.2) is 5.75 Å². The lowest BCUT2D eigenvalue weighted by atomic mass is 10.00. The molecule has 2 aromatic carbocycles. The second kappa shape index (κ2) is 5.22.